The molecule has 1 unspecified atom stereocenters. The van der Waals surface area contributed by atoms with E-state index in [9.17, 15) is 0 Å². The lowest BCUT2D eigenvalue weighted by Crippen LogP contribution is -2.57. The zero-order valence-corrected chi connectivity index (χ0v) is 32.7. The van der Waals surface area contributed by atoms with Crippen molar-refractivity contribution in [2.75, 3.05) is 0 Å². The van der Waals surface area contributed by atoms with Crippen molar-refractivity contribution in [1.82, 2.24) is 0 Å². The zero-order valence-electron chi connectivity index (χ0n) is 32.7. The molecular weight excluding hydrogens is 655 g/mol. The minimum absolute atomic E-state index is 0.0826. The molecule has 6 aromatic rings. The third-order valence-electron chi connectivity index (χ3n) is 14.0. The Bertz CT molecular complexity index is 2520. The maximum absolute atomic E-state index is 16.7. The van der Waals surface area contributed by atoms with Crippen LogP contribution in [0.3, 0.4) is 0 Å². The van der Waals surface area contributed by atoms with E-state index in [1.165, 1.54) is 43.9 Å². The first-order chi connectivity index (χ1) is 25.4. The summed E-state index contributed by atoms with van der Waals surface area (Å²) < 4.78 is 37.9. The third kappa shape index (κ3) is 4.53. The fraction of sp³-hybridized carbons (Fsp3) is 0.388. The van der Waals surface area contributed by atoms with Gasteiger partial charge in [-0.15, -0.1) is 0 Å². The van der Waals surface area contributed by atoms with Gasteiger partial charge in [0.1, 0.15) is 18.7 Å². The van der Waals surface area contributed by atoms with E-state index in [4.69, 9.17) is 0 Å². The van der Waals surface area contributed by atoms with Crippen LogP contribution in [0.1, 0.15) is 125 Å². The van der Waals surface area contributed by atoms with Crippen molar-refractivity contribution in [3.63, 3.8) is 0 Å². The predicted molar refractivity (Wildman–Crippen MR) is 213 cm³/mol. The molecule has 3 aliphatic rings. The summed E-state index contributed by atoms with van der Waals surface area (Å²) in [7, 11) is 2.09. The average molecular weight is 707 g/mol. The summed E-state index contributed by atoms with van der Waals surface area (Å²) in [6, 6.07) is 23.2. The van der Waals surface area contributed by atoms with E-state index in [-0.39, 0.29) is 23.1 Å². The summed E-state index contributed by atoms with van der Waals surface area (Å²) in [5.41, 5.74) is 10.9. The molecule has 0 spiro atoms. The summed E-state index contributed by atoms with van der Waals surface area (Å²) >= 11 is 0. The summed E-state index contributed by atoms with van der Waals surface area (Å²) in [6.07, 6.45) is 11.3. The maximum Gasteiger partial charge on any atom is 0.221 e. The van der Waals surface area contributed by atoms with E-state index in [1.54, 1.807) is 12.1 Å². The van der Waals surface area contributed by atoms with Gasteiger partial charge in [-0.1, -0.05) is 97.4 Å². The van der Waals surface area contributed by atoms with Gasteiger partial charge < -0.3 is 0 Å². The second-order valence-electron chi connectivity index (χ2n) is 17.4. The van der Waals surface area contributed by atoms with Gasteiger partial charge in [-0.25, -0.2) is 13.3 Å². The molecule has 0 bridgehead atoms. The van der Waals surface area contributed by atoms with Crippen molar-refractivity contribution in [2.24, 2.45) is 7.05 Å². The van der Waals surface area contributed by atoms with E-state index in [1.807, 2.05) is 0 Å². The molecule has 3 heterocycles. The highest BCUT2D eigenvalue weighted by molar-refractivity contribution is 6.03. The number of pyridine rings is 2. The van der Waals surface area contributed by atoms with E-state index >= 15 is 8.78 Å². The van der Waals surface area contributed by atoms with Crippen LogP contribution in [0.25, 0.3) is 44.1 Å². The van der Waals surface area contributed by atoms with Gasteiger partial charge in [-0.3, -0.25) is 0 Å². The van der Waals surface area contributed by atoms with Gasteiger partial charge in [0.05, 0.1) is 21.9 Å². The molecule has 1 atom stereocenters. The maximum atomic E-state index is 16.7. The van der Waals surface area contributed by atoms with E-state index < -0.39 is 10.8 Å². The standard InChI is InChI=1S/C49H52F2N2/c1-9-12-14-29-17-20-36-41-34(29)24-26-53-46(41)42-33(19-22-38(51)44(42)48(36,6)7)32(28-49(53,10-2)11-3)27-31-18-21-37(50)43-40(31)45-39-30(23-25-52(45)8)15-13-16-35(39)47(43,4)5/h13,15-26,32H,9-12,14,27-28H2,1-8H3/q+2. The van der Waals surface area contributed by atoms with Crippen molar-refractivity contribution in [3.05, 3.63) is 130 Å². The van der Waals surface area contributed by atoms with Gasteiger partial charge in [0.25, 0.3) is 0 Å². The Hall–Kier alpha value is -4.44. The van der Waals surface area contributed by atoms with Crippen molar-refractivity contribution in [1.29, 1.82) is 0 Å². The number of unbranched alkanes of at least 4 members (excludes halogenated alkanes) is 1. The second-order valence-corrected chi connectivity index (χ2v) is 17.4. The molecule has 4 heteroatoms. The van der Waals surface area contributed by atoms with Crippen molar-refractivity contribution >= 4 is 21.5 Å². The first kappa shape index (κ1) is 34.3. The molecule has 0 saturated heterocycles. The SMILES string of the molecule is CCCCc1ccc2c3c4[n+](ccc13)C(CC)(CC)CC(Cc1ccc(F)c3c1-c1c5c(cccc5cc[n+]1C)C3(C)C)c1ccc(F)c(c1-4)C2(C)C. The minimum atomic E-state index is -0.523. The van der Waals surface area contributed by atoms with Crippen LogP contribution in [-0.4, -0.2) is 0 Å². The lowest BCUT2D eigenvalue weighted by Gasteiger charge is -2.36. The van der Waals surface area contributed by atoms with Gasteiger partial charge in [0.15, 0.2) is 17.9 Å². The Kier molecular flexibility index (Phi) is 7.63. The Morgan fingerprint density at radius 1 is 0.698 bits per heavy atom. The molecule has 270 valence electrons. The minimum Gasteiger partial charge on any atom is -0.207 e. The molecule has 0 fully saturated rings. The number of aryl methyl sites for hydroxylation is 2. The Labute approximate surface area is 313 Å². The third-order valence-corrected chi connectivity index (χ3v) is 14.0. The van der Waals surface area contributed by atoms with Gasteiger partial charge in [-0.2, -0.15) is 4.57 Å². The first-order valence-corrected chi connectivity index (χ1v) is 20.0. The smallest absolute Gasteiger partial charge is 0.207 e. The van der Waals surface area contributed by atoms with Gasteiger partial charge >= 0.3 is 0 Å². The second kappa shape index (κ2) is 11.8. The highest BCUT2D eigenvalue weighted by atomic mass is 19.1. The molecule has 9 rings (SSSR count). The van der Waals surface area contributed by atoms with E-state index in [0.29, 0.717) is 0 Å². The Morgan fingerprint density at radius 2 is 1.38 bits per heavy atom. The van der Waals surface area contributed by atoms with Crippen LogP contribution in [0, 0.1) is 11.6 Å². The van der Waals surface area contributed by atoms with E-state index in [0.717, 1.165) is 84.0 Å². The molecule has 2 nitrogen and oxygen atoms in total. The van der Waals surface area contributed by atoms with Crippen LogP contribution in [0.15, 0.2) is 79.1 Å². The molecular formula is C49H52F2N2+2. The Balaban J connectivity index is 1.34. The molecule has 53 heavy (non-hydrogen) atoms. The Morgan fingerprint density at radius 3 is 2.09 bits per heavy atom. The van der Waals surface area contributed by atoms with Crippen LogP contribution < -0.4 is 9.13 Å². The van der Waals surface area contributed by atoms with Gasteiger partial charge in [0.2, 0.25) is 11.4 Å². The largest absolute Gasteiger partial charge is 0.221 e. The first-order valence-electron chi connectivity index (χ1n) is 20.0. The average Bonchev–Trinajstić information content (AvgIpc) is 3.26. The topological polar surface area (TPSA) is 7.76 Å². The lowest BCUT2D eigenvalue weighted by atomic mass is 9.66. The van der Waals surface area contributed by atoms with Crippen molar-refractivity contribution in [3.8, 4) is 22.5 Å². The summed E-state index contributed by atoms with van der Waals surface area (Å²) in [6.45, 7) is 15.7. The molecule has 0 N–H and O–H groups in total. The van der Waals surface area contributed by atoms with Crippen LogP contribution in [0.4, 0.5) is 8.78 Å². The lowest BCUT2D eigenvalue weighted by molar-refractivity contribution is -0.756. The number of halogens is 2. The highest BCUT2D eigenvalue weighted by Crippen LogP contribution is 2.56. The fourth-order valence-electron chi connectivity index (χ4n) is 11.2. The zero-order chi connectivity index (χ0) is 37.2. The summed E-state index contributed by atoms with van der Waals surface area (Å²) in [4.78, 5) is 0. The summed E-state index contributed by atoms with van der Waals surface area (Å²) in [5.74, 6) is -0.202. The van der Waals surface area contributed by atoms with Crippen LogP contribution >= 0.6 is 0 Å². The van der Waals surface area contributed by atoms with Crippen LogP contribution in [0.2, 0.25) is 0 Å². The molecule has 2 aliphatic carbocycles. The number of benzene rings is 4. The van der Waals surface area contributed by atoms with Crippen LogP contribution in [-0.2, 0) is 36.3 Å². The molecule has 2 aromatic heterocycles. The number of nitrogens with zero attached hydrogens (tertiary/aromatic N) is 2. The van der Waals surface area contributed by atoms with Crippen molar-refractivity contribution < 1.29 is 17.9 Å². The number of rotatable bonds is 7. The number of aromatic nitrogens is 2. The molecule has 0 radical (unpaired) electrons. The molecule has 0 amide bonds. The van der Waals surface area contributed by atoms with Crippen molar-refractivity contribution in [2.45, 2.75) is 116 Å². The highest BCUT2D eigenvalue weighted by Gasteiger charge is 2.51. The van der Waals surface area contributed by atoms with Gasteiger partial charge in [-0.05, 0) is 75.9 Å². The fourth-order valence-corrected chi connectivity index (χ4v) is 11.2. The number of hydrogen-bond donors (Lipinski definition) is 0. The number of hydrogen-bond acceptors (Lipinski definition) is 0. The summed E-state index contributed by atoms with van der Waals surface area (Å²) in [5, 5.41) is 5.00. The predicted octanol–water partition coefficient (Wildman–Crippen LogP) is 11.6. The monoisotopic (exact) mass is 706 g/mol. The van der Waals surface area contributed by atoms with E-state index in [2.05, 4.69) is 132 Å². The van der Waals surface area contributed by atoms with Crippen LogP contribution in [0.5, 0.6) is 0 Å². The molecule has 4 aromatic carbocycles. The number of fused-ring (bicyclic) bond motifs is 2. The molecule has 1 aliphatic heterocycles. The normalized spacial score (nSPS) is 18.3. The quantitative estimate of drug-likeness (QED) is 0.146. The van der Waals surface area contributed by atoms with Gasteiger partial charge in [0, 0.05) is 53.4 Å². The molecule has 0 saturated carbocycles.